The topological polar surface area (TPSA) is 64.1 Å². The molecule has 0 saturated heterocycles. The second kappa shape index (κ2) is 6.87. The fourth-order valence-electron chi connectivity index (χ4n) is 2.47. The van der Waals surface area contributed by atoms with Crippen molar-refractivity contribution >= 4 is 22.7 Å². The number of para-hydroxylation sites is 1. The van der Waals surface area contributed by atoms with E-state index in [4.69, 9.17) is 4.74 Å². The van der Waals surface area contributed by atoms with Crippen molar-refractivity contribution in [2.45, 2.75) is 12.5 Å². The third-order valence-electron chi connectivity index (χ3n) is 3.62. The van der Waals surface area contributed by atoms with Crippen molar-refractivity contribution in [3.8, 4) is 0 Å². The predicted octanol–water partition coefficient (Wildman–Crippen LogP) is 2.83. The van der Waals surface area contributed by atoms with Crippen LogP contribution in [0.2, 0.25) is 0 Å². The smallest absolute Gasteiger partial charge is 0.328 e. The number of hydrogen-bond acceptors (Lipinski definition) is 5. The molecule has 0 unspecified atom stereocenters. The zero-order valence-corrected chi connectivity index (χ0v) is 12.8. The van der Waals surface area contributed by atoms with Crippen LogP contribution in [0.1, 0.15) is 5.56 Å². The predicted molar refractivity (Wildman–Crippen MR) is 89.1 cm³/mol. The second-order valence-electron chi connectivity index (χ2n) is 5.15. The average molecular weight is 307 g/mol. The zero-order chi connectivity index (χ0) is 16.1. The number of nitrogens with zero attached hydrogens (tertiary/aromatic N) is 2. The Hall–Kier alpha value is -2.95. The van der Waals surface area contributed by atoms with Gasteiger partial charge in [-0.1, -0.05) is 42.5 Å². The van der Waals surface area contributed by atoms with Gasteiger partial charge in [0.15, 0.2) is 0 Å². The van der Waals surface area contributed by atoms with Crippen LogP contribution < -0.4 is 5.32 Å². The van der Waals surface area contributed by atoms with E-state index >= 15 is 0 Å². The van der Waals surface area contributed by atoms with Gasteiger partial charge in [0.25, 0.3) is 0 Å². The van der Waals surface area contributed by atoms with Gasteiger partial charge in [0.2, 0.25) is 0 Å². The van der Waals surface area contributed by atoms with Crippen molar-refractivity contribution in [3.63, 3.8) is 0 Å². The lowest BCUT2D eigenvalue weighted by Gasteiger charge is -2.18. The lowest BCUT2D eigenvalue weighted by Crippen LogP contribution is -2.33. The van der Waals surface area contributed by atoms with Crippen LogP contribution in [0, 0.1) is 0 Å². The zero-order valence-electron chi connectivity index (χ0n) is 12.8. The average Bonchev–Trinajstić information content (AvgIpc) is 2.61. The molecule has 5 heteroatoms. The van der Waals surface area contributed by atoms with Crippen molar-refractivity contribution in [1.82, 2.24) is 9.97 Å². The van der Waals surface area contributed by atoms with E-state index in [1.165, 1.54) is 13.4 Å². The monoisotopic (exact) mass is 307 g/mol. The summed E-state index contributed by atoms with van der Waals surface area (Å²) in [6, 6.07) is 17.0. The Morgan fingerprint density at radius 1 is 1.09 bits per heavy atom. The lowest BCUT2D eigenvalue weighted by atomic mass is 10.1. The molecule has 1 N–H and O–H groups in total. The largest absolute Gasteiger partial charge is 0.467 e. The molecule has 1 heterocycles. The molecule has 0 aliphatic heterocycles. The number of ether oxygens (including phenoxy) is 1. The Balaban J connectivity index is 1.90. The molecule has 0 saturated carbocycles. The van der Waals surface area contributed by atoms with Gasteiger partial charge in [0, 0.05) is 11.8 Å². The maximum atomic E-state index is 12.1. The molecule has 0 aliphatic rings. The number of fused-ring (bicyclic) bond motifs is 1. The van der Waals surface area contributed by atoms with E-state index in [0.717, 1.165) is 16.5 Å². The molecular weight excluding hydrogens is 290 g/mol. The molecule has 23 heavy (non-hydrogen) atoms. The van der Waals surface area contributed by atoms with Gasteiger partial charge in [0.05, 0.1) is 12.6 Å². The molecule has 0 spiro atoms. The standard InChI is InChI=1S/C18H17N3O2/c1-23-18(22)16(11-13-7-3-2-4-8-13)21-17-14-9-5-6-10-15(14)19-12-20-17/h2-10,12,16H,11H2,1H3,(H,19,20,21)/t16-/m0/s1. The van der Waals surface area contributed by atoms with Gasteiger partial charge in [-0.05, 0) is 17.7 Å². The molecule has 1 atom stereocenters. The Bertz CT molecular complexity index is 800. The third kappa shape index (κ3) is 3.45. The van der Waals surface area contributed by atoms with E-state index in [0.29, 0.717) is 12.2 Å². The number of nitrogens with one attached hydrogen (secondary N) is 1. The van der Waals surface area contributed by atoms with Gasteiger partial charge in [0.1, 0.15) is 18.2 Å². The van der Waals surface area contributed by atoms with Crippen LogP contribution in [-0.4, -0.2) is 29.1 Å². The Morgan fingerprint density at radius 3 is 2.61 bits per heavy atom. The summed E-state index contributed by atoms with van der Waals surface area (Å²) in [6.45, 7) is 0. The van der Waals surface area contributed by atoms with Gasteiger partial charge in [-0.2, -0.15) is 0 Å². The minimum atomic E-state index is -0.513. The van der Waals surface area contributed by atoms with E-state index in [2.05, 4.69) is 15.3 Å². The minimum Gasteiger partial charge on any atom is -0.467 e. The third-order valence-corrected chi connectivity index (χ3v) is 3.62. The van der Waals surface area contributed by atoms with Crippen molar-refractivity contribution in [3.05, 3.63) is 66.5 Å². The highest BCUT2D eigenvalue weighted by Gasteiger charge is 2.21. The van der Waals surface area contributed by atoms with Crippen molar-refractivity contribution in [2.24, 2.45) is 0 Å². The minimum absolute atomic E-state index is 0.323. The van der Waals surface area contributed by atoms with Crippen LogP contribution in [0.4, 0.5) is 5.82 Å². The van der Waals surface area contributed by atoms with Crippen molar-refractivity contribution in [1.29, 1.82) is 0 Å². The summed E-state index contributed by atoms with van der Waals surface area (Å²) in [5.41, 5.74) is 1.88. The summed E-state index contributed by atoms with van der Waals surface area (Å²) in [4.78, 5) is 20.6. The highest BCUT2D eigenvalue weighted by atomic mass is 16.5. The van der Waals surface area contributed by atoms with Crippen LogP contribution in [0.25, 0.3) is 10.9 Å². The summed E-state index contributed by atoms with van der Waals surface area (Å²) < 4.78 is 4.92. The molecular formula is C18H17N3O2. The number of carbonyl (C=O) groups is 1. The highest BCUT2D eigenvalue weighted by Crippen LogP contribution is 2.20. The SMILES string of the molecule is COC(=O)[C@H](Cc1ccccc1)Nc1ncnc2ccccc12. The maximum Gasteiger partial charge on any atom is 0.328 e. The number of methoxy groups -OCH3 is 1. The Kier molecular flexibility index (Phi) is 4.47. The van der Waals surface area contributed by atoms with Crippen LogP contribution >= 0.6 is 0 Å². The summed E-state index contributed by atoms with van der Waals surface area (Å²) in [5, 5.41) is 4.07. The molecule has 116 valence electrons. The number of rotatable bonds is 5. The molecule has 1 aromatic heterocycles. The van der Waals surface area contributed by atoms with Crippen LogP contribution in [0.15, 0.2) is 60.9 Å². The first kappa shape index (κ1) is 15.0. The van der Waals surface area contributed by atoms with Crippen LogP contribution in [0.3, 0.4) is 0 Å². The number of aromatic nitrogens is 2. The highest BCUT2D eigenvalue weighted by molar-refractivity contribution is 5.90. The number of benzene rings is 2. The molecule has 0 aliphatic carbocycles. The fraction of sp³-hybridized carbons (Fsp3) is 0.167. The number of anilines is 1. The Labute approximate surface area is 134 Å². The maximum absolute atomic E-state index is 12.1. The molecule has 2 aromatic carbocycles. The normalized spacial score (nSPS) is 11.9. The second-order valence-corrected chi connectivity index (χ2v) is 5.15. The van der Waals surface area contributed by atoms with Gasteiger partial charge in [-0.3, -0.25) is 0 Å². The summed E-state index contributed by atoms with van der Waals surface area (Å²) in [5.74, 6) is 0.304. The van der Waals surface area contributed by atoms with E-state index in [-0.39, 0.29) is 5.97 Å². The molecule has 3 aromatic rings. The van der Waals surface area contributed by atoms with E-state index in [9.17, 15) is 4.79 Å². The van der Waals surface area contributed by atoms with E-state index in [1.54, 1.807) is 0 Å². The lowest BCUT2D eigenvalue weighted by molar-refractivity contribution is -0.141. The van der Waals surface area contributed by atoms with Crippen molar-refractivity contribution < 1.29 is 9.53 Å². The molecule has 5 nitrogen and oxygen atoms in total. The molecule has 0 amide bonds. The number of esters is 1. The number of carbonyl (C=O) groups excluding carboxylic acids is 1. The van der Waals surface area contributed by atoms with Crippen LogP contribution in [0.5, 0.6) is 0 Å². The fourth-order valence-corrected chi connectivity index (χ4v) is 2.47. The molecule has 0 fully saturated rings. The summed E-state index contributed by atoms with van der Waals surface area (Å²) >= 11 is 0. The molecule has 0 bridgehead atoms. The van der Waals surface area contributed by atoms with Gasteiger partial charge in [-0.25, -0.2) is 14.8 Å². The first-order valence-corrected chi connectivity index (χ1v) is 7.36. The van der Waals surface area contributed by atoms with E-state index < -0.39 is 6.04 Å². The molecule has 0 radical (unpaired) electrons. The van der Waals surface area contributed by atoms with E-state index in [1.807, 2.05) is 54.6 Å². The Morgan fingerprint density at radius 2 is 1.83 bits per heavy atom. The summed E-state index contributed by atoms with van der Waals surface area (Å²) in [7, 11) is 1.39. The quantitative estimate of drug-likeness (QED) is 0.734. The van der Waals surface area contributed by atoms with Gasteiger partial charge < -0.3 is 10.1 Å². The first-order valence-electron chi connectivity index (χ1n) is 7.36. The van der Waals surface area contributed by atoms with Gasteiger partial charge in [-0.15, -0.1) is 0 Å². The molecule has 3 rings (SSSR count). The number of hydrogen-bond donors (Lipinski definition) is 1. The van der Waals surface area contributed by atoms with Gasteiger partial charge >= 0.3 is 5.97 Å². The van der Waals surface area contributed by atoms with Crippen molar-refractivity contribution in [2.75, 3.05) is 12.4 Å². The summed E-state index contributed by atoms with van der Waals surface area (Å²) in [6.07, 6.45) is 2.01. The first-order chi connectivity index (χ1) is 11.3. The van der Waals surface area contributed by atoms with Crippen LogP contribution in [-0.2, 0) is 16.0 Å².